The molecule has 0 aromatic heterocycles. The molecule has 2 rings (SSSR count). The quantitative estimate of drug-likeness (QED) is 0.0431. The predicted octanol–water partition coefficient (Wildman–Crippen LogP) is 1.58. The highest BCUT2D eigenvalue weighted by atomic mass is 35.5. The predicted molar refractivity (Wildman–Crippen MR) is 127 cm³/mol. The van der Waals surface area contributed by atoms with Gasteiger partial charge in [-0.05, 0) is 43.1 Å². The number of rotatable bonds is 12. The molecule has 1 aromatic carbocycles. The van der Waals surface area contributed by atoms with Gasteiger partial charge in [0.15, 0.2) is 30.3 Å². The molecule has 1 heterocycles. The minimum atomic E-state index is -1.76. The van der Waals surface area contributed by atoms with Gasteiger partial charge < -0.3 is 24.7 Å². The van der Waals surface area contributed by atoms with Crippen LogP contribution in [0, 0.1) is 16.0 Å². The first kappa shape index (κ1) is 30.5. The third kappa shape index (κ3) is 7.87. The number of amides is 2. The largest absolute Gasteiger partial charge is 0.508 e. The number of primary amides is 1. The molecule has 3 unspecified atom stereocenters. The highest BCUT2D eigenvalue weighted by Crippen LogP contribution is 2.44. The van der Waals surface area contributed by atoms with Gasteiger partial charge in [-0.2, -0.15) is 3.89 Å². The van der Waals surface area contributed by atoms with E-state index in [0.29, 0.717) is 5.56 Å². The maximum Gasteiger partial charge on any atom is 0.508 e. The summed E-state index contributed by atoms with van der Waals surface area (Å²) in [5.74, 6) is -3.44. The van der Waals surface area contributed by atoms with E-state index in [4.69, 9.17) is 31.5 Å². The summed E-state index contributed by atoms with van der Waals surface area (Å²) >= 11 is 6.47. The summed E-state index contributed by atoms with van der Waals surface area (Å²) < 4.78 is 18.2. The van der Waals surface area contributed by atoms with Gasteiger partial charge >= 0.3 is 24.1 Å². The Labute approximate surface area is 224 Å². The van der Waals surface area contributed by atoms with Crippen LogP contribution in [-0.4, -0.2) is 75.2 Å². The number of nitro groups is 1. The van der Waals surface area contributed by atoms with Gasteiger partial charge in [0.1, 0.15) is 25.9 Å². The Hall–Kier alpha value is -3.76. The summed E-state index contributed by atoms with van der Waals surface area (Å²) in [6.07, 6.45) is -3.46. The lowest BCUT2D eigenvalue weighted by Crippen LogP contribution is -2.71. The van der Waals surface area contributed by atoms with Crippen molar-refractivity contribution in [2.45, 2.75) is 32.1 Å². The third-order valence-corrected chi connectivity index (χ3v) is 6.90. The zero-order chi connectivity index (χ0) is 28.6. The van der Waals surface area contributed by atoms with E-state index in [0.717, 1.165) is 6.92 Å². The summed E-state index contributed by atoms with van der Waals surface area (Å²) in [7, 11) is 0. The number of likely N-dealkylation sites (tertiary alicyclic amines) is 1. The third-order valence-electron chi connectivity index (χ3n) is 5.09. The van der Waals surface area contributed by atoms with Crippen LogP contribution >= 0.6 is 23.5 Å². The number of alkyl halides is 1. The number of nitrogens with zero attached hydrogens (tertiary/aromatic N) is 2. The molecule has 1 aliphatic rings. The number of nitrogens with two attached hydrogens (primary N) is 1. The molecule has 1 saturated heterocycles. The standard InChI is InChI=1S/C21H22ClN3O12S/c1-11(26)8-34-19(29)17(22)25(38-16(27)10-35-20(23)30)7-15(18(25)28)12(2)37-21(31)36-9-13-3-5-14(6-4-13)24(32)33/h3-6,12,15,17H,7-10H2,1-2H3,(H-,23,30)/p+1/t12?,15-,17?,25?/m0/s1. The van der Waals surface area contributed by atoms with Gasteiger partial charge in [-0.1, -0.05) is 0 Å². The van der Waals surface area contributed by atoms with E-state index in [-0.39, 0.29) is 30.8 Å². The summed E-state index contributed by atoms with van der Waals surface area (Å²) in [6, 6.07) is 5.24. The fourth-order valence-electron chi connectivity index (χ4n) is 3.18. The number of benzene rings is 1. The van der Waals surface area contributed by atoms with Crippen LogP contribution in [0.2, 0.25) is 0 Å². The van der Waals surface area contributed by atoms with Crippen molar-refractivity contribution in [1.29, 1.82) is 0 Å². The Morgan fingerprint density at radius 1 is 1.16 bits per heavy atom. The average Bonchev–Trinajstić information content (AvgIpc) is 2.86. The van der Waals surface area contributed by atoms with Crippen LogP contribution in [0.3, 0.4) is 0 Å². The highest BCUT2D eigenvalue weighted by molar-refractivity contribution is 8.09. The smallest absolute Gasteiger partial charge is 0.452 e. The number of quaternary nitrogens is 1. The maximum absolute atomic E-state index is 13.2. The van der Waals surface area contributed by atoms with Crippen LogP contribution in [0.15, 0.2) is 24.3 Å². The first-order valence-corrected chi connectivity index (χ1v) is 11.9. The molecule has 0 saturated carbocycles. The number of non-ortho nitro benzene ring substituents is 1. The zero-order valence-electron chi connectivity index (χ0n) is 20.0. The van der Waals surface area contributed by atoms with Gasteiger partial charge in [-0.3, -0.25) is 19.7 Å². The van der Waals surface area contributed by atoms with E-state index >= 15 is 0 Å². The average molecular weight is 577 g/mol. The van der Waals surface area contributed by atoms with Crippen molar-refractivity contribution in [2.24, 2.45) is 11.7 Å². The molecule has 17 heteroatoms. The molecule has 0 spiro atoms. The number of ketones is 1. The van der Waals surface area contributed by atoms with E-state index in [1.54, 1.807) is 0 Å². The molecular weight excluding hydrogens is 554 g/mol. The van der Waals surface area contributed by atoms with Crippen molar-refractivity contribution in [3.63, 3.8) is 0 Å². The Bertz CT molecular complexity index is 1130. The van der Waals surface area contributed by atoms with Crippen LogP contribution in [-0.2, 0) is 44.7 Å². The second-order valence-electron chi connectivity index (χ2n) is 7.92. The topological polar surface area (TPSA) is 208 Å². The molecule has 1 aliphatic heterocycles. The summed E-state index contributed by atoms with van der Waals surface area (Å²) in [5, 5.41) is 9.84. The molecule has 1 aromatic rings. The number of esters is 1. The minimum Gasteiger partial charge on any atom is -0.452 e. The molecule has 206 valence electrons. The normalized spacial score (nSPS) is 19.8. The number of nitro benzene ring substituents is 1. The first-order valence-electron chi connectivity index (χ1n) is 10.7. The van der Waals surface area contributed by atoms with Crippen LogP contribution in [0.5, 0.6) is 0 Å². The van der Waals surface area contributed by atoms with Gasteiger partial charge in [0.2, 0.25) is 0 Å². The monoisotopic (exact) mass is 576 g/mol. The van der Waals surface area contributed by atoms with E-state index < -0.39 is 74.6 Å². The van der Waals surface area contributed by atoms with Crippen LogP contribution in [0.25, 0.3) is 0 Å². The molecule has 0 radical (unpaired) electrons. The molecule has 1 fully saturated rings. The SMILES string of the molecule is CC(=O)COC(=O)C(Cl)[N+]1(SC(=O)COC(N)=O)C[C@@H](C(C)OC(=O)OCc2ccc([N+](=O)[O-])cc2)C1=O. The lowest BCUT2D eigenvalue weighted by atomic mass is 9.93. The molecule has 0 aliphatic carbocycles. The number of carbonyl (C=O) groups excluding carboxylic acids is 6. The van der Waals surface area contributed by atoms with Crippen molar-refractivity contribution in [3.05, 3.63) is 39.9 Å². The number of hydrogen-bond acceptors (Lipinski definition) is 13. The maximum atomic E-state index is 13.2. The molecule has 38 heavy (non-hydrogen) atoms. The van der Waals surface area contributed by atoms with Crippen molar-refractivity contribution < 1.29 is 56.5 Å². The molecule has 15 nitrogen and oxygen atoms in total. The molecule has 2 N–H and O–H groups in total. The van der Waals surface area contributed by atoms with Crippen LogP contribution < -0.4 is 5.73 Å². The lowest BCUT2D eigenvalue weighted by molar-refractivity contribution is -0.761. The first-order chi connectivity index (χ1) is 17.8. The number of hydrogen-bond donors (Lipinski definition) is 1. The van der Waals surface area contributed by atoms with Gasteiger partial charge in [0, 0.05) is 12.1 Å². The summed E-state index contributed by atoms with van der Waals surface area (Å²) in [6.45, 7) is 0.576. The molecule has 2 amide bonds. The van der Waals surface area contributed by atoms with Crippen LogP contribution in [0.4, 0.5) is 15.3 Å². The van der Waals surface area contributed by atoms with E-state index in [1.165, 1.54) is 31.2 Å². The fraction of sp³-hybridized carbons (Fsp3) is 0.429. The second kappa shape index (κ2) is 13.2. The molecular formula is C21H23ClN3O12S+. The van der Waals surface area contributed by atoms with E-state index in [1.807, 2.05) is 0 Å². The number of Topliss-reactive ketones (excluding diaryl/α,β-unsaturated/α-hetero) is 1. The Balaban J connectivity index is 2.03. The van der Waals surface area contributed by atoms with Crippen molar-refractivity contribution >= 4 is 64.3 Å². The Morgan fingerprint density at radius 2 is 1.79 bits per heavy atom. The van der Waals surface area contributed by atoms with Crippen LogP contribution in [0.1, 0.15) is 19.4 Å². The number of carbonyl (C=O) groups is 6. The molecule has 0 bridgehead atoms. The zero-order valence-corrected chi connectivity index (χ0v) is 21.6. The van der Waals surface area contributed by atoms with E-state index in [9.17, 15) is 38.9 Å². The Morgan fingerprint density at radius 3 is 2.32 bits per heavy atom. The second-order valence-corrected chi connectivity index (χ2v) is 9.63. The molecule has 4 atom stereocenters. The van der Waals surface area contributed by atoms with Crippen molar-refractivity contribution in [1.82, 2.24) is 0 Å². The van der Waals surface area contributed by atoms with Gasteiger partial charge in [-0.25, -0.2) is 19.2 Å². The Kier molecular flexibility index (Phi) is 10.5. The minimum absolute atomic E-state index is 0.143. The number of β-lactam (4-membered cyclic amide) rings is 1. The lowest BCUT2D eigenvalue weighted by Gasteiger charge is -2.46. The van der Waals surface area contributed by atoms with Crippen molar-refractivity contribution in [2.75, 3.05) is 19.8 Å². The summed E-state index contributed by atoms with van der Waals surface area (Å²) in [5.41, 5.74) is 3.37. The van der Waals surface area contributed by atoms with Gasteiger partial charge in [0.25, 0.3) is 16.3 Å². The number of ether oxygens (including phenoxy) is 4. The fourth-order valence-corrected chi connectivity index (χ4v) is 4.66. The van der Waals surface area contributed by atoms with E-state index in [2.05, 4.69) is 4.74 Å². The highest BCUT2D eigenvalue weighted by Gasteiger charge is 2.66. The van der Waals surface area contributed by atoms with Gasteiger partial charge in [-0.15, -0.1) is 0 Å². The summed E-state index contributed by atoms with van der Waals surface area (Å²) in [4.78, 5) is 81.9. The number of halogens is 1. The van der Waals surface area contributed by atoms with Crippen molar-refractivity contribution in [3.8, 4) is 0 Å². The van der Waals surface area contributed by atoms with Gasteiger partial charge in [0.05, 0.1) is 4.92 Å².